The van der Waals surface area contributed by atoms with Crippen LogP contribution in [-0.2, 0) is 0 Å². The fraction of sp³-hybridized carbons (Fsp3) is 0.591. The maximum atomic E-state index is 13.1. The van der Waals surface area contributed by atoms with Crippen molar-refractivity contribution in [2.45, 2.75) is 69.5 Å². The van der Waals surface area contributed by atoms with Gasteiger partial charge in [-0.25, -0.2) is 0 Å². The monoisotopic (exact) mass is 417 g/mol. The van der Waals surface area contributed by atoms with Crippen LogP contribution in [0.2, 0.25) is 0 Å². The second-order valence-corrected chi connectivity index (χ2v) is 8.71. The quantitative estimate of drug-likeness (QED) is 0.751. The minimum atomic E-state index is -0.224. The van der Waals surface area contributed by atoms with Crippen molar-refractivity contribution in [2.24, 2.45) is 0 Å². The van der Waals surface area contributed by atoms with E-state index in [9.17, 15) is 14.4 Å². The maximum Gasteiger partial charge on any atom is 0.261 e. The summed E-state index contributed by atoms with van der Waals surface area (Å²) in [5, 5.41) is 3.59. The summed E-state index contributed by atoms with van der Waals surface area (Å²) in [4.78, 5) is 42.3. The highest BCUT2D eigenvalue weighted by atomic mass is 35.5. The van der Waals surface area contributed by atoms with Crippen LogP contribution in [-0.4, -0.2) is 58.7 Å². The summed E-state index contributed by atoms with van der Waals surface area (Å²) in [7, 11) is 0. The molecule has 7 heteroatoms. The lowest BCUT2D eigenvalue weighted by Gasteiger charge is -2.29. The lowest BCUT2D eigenvalue weighted by atomic mass is 9.94. The number of halogens is 1. The number of nitrogens with zero attached hydrogens (tertiary/aromatic N) is 2. The molecular weight excluding hydrogens is 390 g/mol. The normalized spacial score (nSPS) is 26.9. The molecule has 3 amide bonds. The Morgan fingerprint density at radius 1 is 0.897 bits per heavy atom. The summed E-state index contributed by atoms with van der Waals surface area (Å²) in [5.74, 6) is -0.450. The van der Waals surface area contributed by atoms with Crippen LogP contribution in [0.15, 0.2) is 18.2 Å². The van der Waals surface area contributed by atoms with Crippen LogP contribution in [0.1, 0.15) is 82.4 Å². The van der Waals surface area contributed by atoms with Gasteiger partial charge < -0.3 is 10.2 Å². The summed E-state index contributed by atoms with van der Waals surface area (Å²) in [6, 6.07) is 5.94. The Kier molecular flexibility index (Phi) is 5.67. The van der Waals surface area contributed by atoms with Crippen molar-refractivity contribution < 1.29 is 14.4 Å². The van der Waals surface area contributed by atoms with E-state index in [0.29, 0.717) is 35.3 Å². The Hall–Kier alpha value is -1.92. The second-order valence-electron chi connectivity index (χ2n) is 8.71. The summed E-state index contributed by atoms with van der Waals surface area (Å²) in [6.07, 6.45) is 8.35. The third-order valence-electron chi connectivity index (χ3n) is 6.92. The molecule has 1 aromatic carbocycles. The molecule has 5 rings (SSSR count). The van der Waals surface area contributed by atoms with Gasteiger partial charge in [0.05, 0.1) is 11.1 Å². The van der Waals surface area contributed by atoms with Gasteiger partial charge in [0, 0.05) is 36.8 Å². The zero-order chi connectivity index (χ0) is 19.3. The number of carbonyl (C=O) groups is 3. The maximum absolute atomic E-state index is 13.1. The van der Waals surface area contributed by atoms with Crippen LogP contribution in [0.4, 0.5) is 0 Å². The molecule has 1 N–H and O–H groups in total. The van der Waals surface area contributed by atoms with Crippen LogP contribution in [0, 0.1) is 0 Å². The van der Waals surface area contributed by atoms with Crippen LogP contribution >= 0.6 is 12.4 Å². The molecule has 1 aromatic rings. The number of fused-ring (bicyclic) bond motifs is 3. The average Bonchev–Trinajstić information content (AvgIpc) is 3.18. The van der Waals surface area contributed by atoms with E-state index in [1.54, 1.807) is 18.2 Å². The number of rotatable bonds is 2. The largest absolute Gasteiger partial charge is 0.337 e. The standard InChI is InChI=1S/C22H27N3O3.ClH/c26-20(24-11-10-15-7-8-16(13-24)23-15)14-6-9-18-19(12-14)22(28)25(21(18)27)17-4-2-1-3-5-17;/h6,9,12,15-17,23H,1-5,7-8,10-11,13H2;1H. The van der Waals surface area contributed by atoms with Gasteiger partial charge in [0.15, 0.2) is 0 Å². The van der Waals surface area contributed by atoms with Crippen molar-refractivity contribution in [2.75, 3.05) is 13.1 Å². The number of hydrogen-bond donors (Lipinski definition) is 1. The smallest absolute Gasteiger partial charge is 0.261 e. The topological polar surface area (TPSA) is 69.7 Å². The number of nitrogens with one attached hydrogen (secondary N) is 1. The number of likely N-dealkylation sites (tertiary alicyclic amines) is 1. The van der Waals surface area contributed by atoms with Crippen LogP contribution < -0.4 is 5.32 Å². The second kappa shape index (κ2) is 8.07. The fourth-order valence-corrected chi connectivity index (χ4v) is 5.37. The van der Waals surface area contributed by atoms with Gasteiger partial charge >= 0.3 is 0 Å². The average molecular weight is 418 g/mol. The van der Waals surface area contributed by atoms with Crippen LogP contribution in [0.5, 0.6) is 0 Å². The van der Waals surface area contributed by atoms with Crippen molar-refractivity contribution >= 4 is 30.1 Å². The zero-order valence-corrected chi connectivity index (χ0v) is 17.4. The van der Waals surface area contributed by atoms with Crippen molar-refractivity contribution in [3.05, 3.63) is 34.9 Å². The first-order valence-electron chi connectivity index (χ1n) is 10.7. The molecule has 3 heterocycles. The molecule has 29 heavy (non-hydrogen) atoms. The molecule has 6 nitrogen and oxygen atoms in total. The number of benzene rings is 1. The zero-order valence-electron chi connectivity index (χ0n) is 16.6. The molecule has 0 spiro atoms. The van der Waals surface area contributed by atoms with Gasteiger partial charge in [-0.05, 0) is 50.3 Å². The molecule has 1 saturated carbocycles. The Balaban J connectivity index is 0.00000205. The highest BCUT2D eigenvalue weighted by molar-refractivity contribution is 6.22. The molecule has 156 valence electrons. The Morgan fingerprint density at radius 2 is 1.62 bits per heavy atom. The van der Waals surface area contributed by atoms with E-state index in [0.717, 1.165) is 45.1 Å². The SMILES string of the molecule is Cl.O=C(c1ccc2c(c1)C(=O)N(C1CCCCC1)C2=O)N1CCC2CCC(C1)N2. The molecule has 3 fully saturated rings. The first-order valence-corrected chi connectivity index (χ1v) is 10.7. The van der Waals surface area contributed by atoms with Gasteiger partial charge in [0.2, 0.25) is 0 Å². The van der Waals surface area contributed by atoms with Crippen molar-refractivity contribution in [3.8, 4) is 0 Å². The van der Waals surface area contributed by atoms with Gasteiger partial charge in [-0.15, -0.1) is 12.4 Å². The lowest BCUT2D eigenvalue weighted by molar-refractivity contribution is 0.0548. The molecule has 2 unspecified atom stereocenters. The molecule has 0 radical (unpaired) electrons. The van der Waals surface area contributed by atoms with E-state index < -0.39 is 0 Å². The Bertz CT molecular complexity index is 837. The van der Waals surface area contributed by atoms with Gasteiger partial charge in [0.25, 0.3) is 17.7 Å². The van der Waals surface area contributed by atoms with Crippen LogP contribution in [0.25, 0.3) is 0 Å². The summed E-state index contributed by atoms with van der Waals surface area (Å²) < 4.78 is 0. The van der Waals surface area contributed by atoms with Gasteiger partial charge in [-0.3, -0.25) is 19.3 Å². The van der Waals surface area contributed by atoms with Gasteiger partial charge in [0.1, 0.15) is 0 Å². The molecule has 4 aliphatic rings. The third-order valence-corrected chi connectivity index (χ3v) is 6.92. The molecule has 1 aliphatic carbocycles. The van der Waals surface area contributed by atoms with E-state index in [-0.39, 0.29) is 36.2 Å². The number of carbonyl (C=O) groups excluding carboxylic acids is 3. The van der Waals surface area contributed by atoms with Crippen LogP contribution in [0.3, 0.4) is 0 Å². The molecule has 2 saturated heterocycles. The Morgan fingerprint density at radius 3 is 2.41 bits per heavy atom. The molecule has 2 atom stereocenters. The van der Waals surface area contributed by atoms with E-state index in [1.165, 1.54) is 17.7 Å². The fourth-order valence-electron chi connectivity index (χ4n) is 5.37. The summed E-state index contributed by atoms with van der Waals surface area (Å²) in [5.41, 5.74) is 1.36. The number of imide groups is 1. The first kappa shape index (κ1) is 20.4. The molecular formula is C22H28ClN3O3. The number of amides is 3. The van der Waals surface area contributed by atoms with E-state index in [4.69, 9.17) is 0 Å². The minimum Gasteiger partial charge on any atom is -0.337 e. The minimum absolute atomic E-state index is 0. The molecule has 2 bridgehead atoms. The van der Waals surface area contributed by atoms with E-state index >= 15 is 0 Å². The Labute approximate surface area is 177 Å². The first-order chi connectivity index (χ1) is 13.6. The van der Waals surface area contributed by atoms with E-state index in [2.05, 4.69) is 5.32 Å². The predicted molar refractivity (Wildman–Crippen MR) is 112 cm³/mol. The summed E-state index contributed by atoms with van der Waals surface area (Å²) >= 11 is 0. The number of hydrogen-bond acceptors (Lipinski definition) is 4. The lowest BCUT2D eigenvalue weighted by Crippen LogP contribution is -2.40. The highest BCUT2D eigenvalue weighted by Gasteiger charge is 2.41. The van der Waals surface area contributed by atoms with Crippen molar-refractivity contribution in [1.29, 1.82) is 0 Å². The highest BCUT2D eigenvalue weighted by Crippen LogP contribution is 2.32. The van der Waals surface area contributed by atoms with Crippen molar-refractivity contribution in [3.63, 3.8) is 0 Å². The van der Waals surface area contributed by atoms with E-state index in [1.807, 2.05) is 4.90 Å². The van der Waals surface area contributed by atoms with Gasteiger partial charge in [-0.1, -0.05) is 19.3 Å². The third kappa shape index (κ3) is 3.57. The summed E-state index contributed by atoms with van der Waals surface area (Å²) in [6.45, 7) is 1.46. The van der Waals surface area contributed by atoms with Gasteiger partial charge in [-0.2, -0.15) is 0 Å². The predicted octanol–water partition coefficient (Wildman–Crippen LogP) is 3.00. The molecule has 0 aromatic heterocycles. The molecule has 3 aliphatic heterocycles. The van der Waals surface area contributed by atoms with Crippen molar-refractivity contribution in [1.82, 2.24) is 15.1 Å².